The molecular formula is C34H40Si2. The predicted molar refractivity (Wildman–Crippen MR) is 167 cm³/mol. The van der Waals surface area contributed by atoms with Crippen molar-refractivity contribution in [1.29, 1.82) is 0 Å². The molecule has 4 rings (SSSR count). The third-order valence-corrected chi connectivity index (χ3v) is 18.3. The van der Waals surface area contributed by atoms with Crippen molar-refractivity contribution < 1.29 is 0 Å². The molecule has 4 aromatic carbocycles. The number of hydrogen-bond donors (Lipinski definition) is 0. The van der Waals surface area contributed by atoms with Crippen LogP contribution >= 0.6 is 0 Å². The largest absolute Gasteiger partial charge is 0.138 e. The molecule has 0 aliphatic rings. The van der Waals surface area contributed by atoms with Crippen LogP contribution in [0.4, 0.5) is 0 Å². The topological polar surface area (TPSA) is 0 Å². The Morgan fingerprint density at radius 2 is 0.722 bits per heavy atom. The fraction of sp³-hybridized carbons (Fsp3) is 0.353. The minimum absolute atomic E-state index is 1.17. The highest BCUT2D eigenvalue weighted by Crippen LogP contribution is 2.34. The number of hydrogen-bond acceptors (Lipinski definition) is 0. The number of rotatable bonds is 6. The van der Waals surface area contributed by atoms with E-state index in [1.807, 2.05) is 0 Å². The number of fused-ring (bicyclic) bond motifs is 5. The van der Waals surface area contributed by atoms with Crippen molar-refractivity contribution in [3.8, 4) is 22.9 Å². The summed E-state index contributed by atoms with van der Waals surface area (Å²) in [5, 5.41) is 7.73. The molecule has 0 aliphatic carbocycles. The first-order valence-electron chi connectivity index (χ1n) is 13.9. The van der Waals surface area contributed by atoms with Crippen LogP contribution in [0.15, 0.2) is 60.7 Å². The fourth-order valence-corrected chi connectivity index (χ4v) is 10.5. The summed E-state index contributed by atoms with van der Waals surface area (Å²) in [5.74, 6) is 7.27. The van der Waals surface area contributed by atoms with Crippen LogP contribution < -0.4 is 0 Å². The molecule has 0 N–H and O–H groups in total. The maximum atomic E-state index is 3.79. The van der Waals surface area contributed by atoms with Crippen LogP contribution in [0.25, 0.3) is 32.3 Å². The van der Waals surface area contributed by atoms with Crippen molar-refractivity contribution in [1.82, 2.24) is 0 Å². The van der Waals surface area contributed by atoms with E-state index in [-0.39, 0.29) is 0 Å². The Kier molecular flexibility index (Phi) is 8.09. The van der Waals surface area contributed by atoms with Crippen molar-refractivity contribution in [2.75, 3.05) is 0 Å². The molecule has 0 spiro atoms. The second kappa shape index (κ2) is 11.1. The van der Waals surface area contributed by atoms with E-state index in [0.29, 0.717) is 0 Å². The average molecular weight is 505 g/mol. The van der Waals surface area contributed by atoms with Crippen LogP contribution in [0.2, 0.25) is 36.3 Å². The van der Waals surface area contributed by atoms with Crippen LogP contribution in [0.1, 0.15) is 52.7 Å². The molecule has 0 nitrogen and oxygen atoms in total. The molecule has 0 bridgehead atoms. The van der Waals surface area contributed by atoms with Gasteiger partial charge in [0.1, 0.15) is 16.1 Å². The Morgan fingerprint density at radius 3 is 1.06 bits per heavy atom. The minimum atomic E-state index is -1.49. The molecule has 0 amide bonds. The molecule has 0 fully saturated rings. The molecule has 4 aromatic rings. The van der Waals surface area contributed by atoms with E-state index in [2.05, 4.69) is 125 Å². The smallest absolute Gasteiger partial charge is 0.126 e. The predicted octanol–water partition coefficient (Wildman–Crippen LogP) is 9.94. The van der Waals surface area contributed by atoms with Gasteiger partial charge in [-0.25, -0.2) is 0 Å². The standard InChI is InChI=1S/C34H40Si2/c1-7-35(8-2,9-3)25-23-27-15-13-17-31-29(27)19-21-34-32-18-14-16-28(30(32)20-22-33(31)34)24-26-36(10-4,11-5)12-6/h13-22H,7-12H2,1-6H3. The lowest BCUT2D eigenvalue weighted by molar-refractivity contribution is 1.20. The van der Waals surface area contributed by atoms with Gasteiger partial charge in [0, 0.05) is 11.1 Å². The van der Waals surface area contributed by atoms with E-state index in [0.717, 1.165) is 0 Å². The van der Waals surface area contributed by atoms with Crippen molar-refractivity contribution in [2.45, 2.75) is 77.8 Å². The van der Waals surface area contributed by atoms with E-state index >= 15 is 0 Å². The van der Waals surface area contributed by atoms with Crippen LogP contribution in [-0.2, 0) is 0 Å². The van der Waals surface area contributed by atoms with E-state index < -0.39 is 16.1 Å². The molecule has 0 saturated carbocycles. The Bertz CT molecular complexity index is 1380. The summed E-state index contributed by atoms with van der Waals surface area (Å²) in [5.41, 5.74) is 9.92. The Hall–Kier alpha value is -2.79. The molecule has 0 aromatic heterocycles. The highest BCUT2D eigenvalue weighted by Gasteiger charge is 2.25. The lowest BCUT2D eigenvalue weighted by Crippen LogP contribution is -2.29. The van der Waals surface area contributed by atoms with Crippen molar-refractivity contribution in [3.05, 3.63) is 71.8 Å². The summed E-state index contributed by atoms with van der Waals surface area (Å²) < 4.78 is 0. The van der Waals surface area contributed by atoms with Gasteiger partial charge in [0.05, 0.1) is 0 Å². The Balaban J connectivity index is 1.88. The highest BCUT2D eigenvalue weighted by molar-refractivity contribution is 6.87. The summed E-state index contributed by atoms with van der Waals surface area (Å²) in [6.45, 7) is 13.9. The Morgan fingerprint density at radius 1 is 0.417 bits per heavy atom. The Labute approximate surface area is 220 Å². The summed E-state index contributed by atoms with van der Waals surface area (Å²) in [4.78, 5) is 0. The van der Waals surface area contributed by atoms with E-state index in [1.165, 1.54) is 79.7 Å². The molecule has 184 valence electrons. The second-order valence-electron chi connectivity index (χ2n) is 10.2. The first kappa shape index (κ1) is 26.3. The van der Waals surface area contributed by atoms with Gasteiger partial charge in [0.2, 0.25) is 0 Å². The van der Waals surface area contributed by atoms with Gasteiger partial charge in [-0.2, -0.15) is 0 Å². The lowest BCUT2D eigenvalue weighted by atomic mass is 9.94. The van der Waals surface area contributed by atoms with Gasteiger partial charge in [-0.3, -0.25) is 0 Å². The third-order valence-electron chi connectivity index (χ3n) is 8.90. The van der Waals surface area contributed by atoms with Gasteiger partial charge < -0.3 is 0 Å². The van der Waals surface area contributed by atoms with Gasteiger partial charge in [-0.05, 0) is 80.7 Å². The molecule has 0 aliphatic heterocycles. The van der Waals surface area contributed by atoms with E-state index in [1.54, 1.807) is 0 Å². The summed E-state index contributed by atoms with van der Waals surface area (Å²) in [7, 11) is -2.97. The van der Waals surface area contributed by atoms with Crippen molar-refractivity contribution in [2.24, 2.45) is 0 Å². The SMILES string of the molecule is CC[Si](C#Cc1cccc2c1ccc1c3cccc(C#C[Si](CC)(CC)CC)c3ccc21)(CC)CC. The molecule has 0 radical (unpaired) electrons. The minimum Gasteiger partial charge on any atom is -0.126 e. The average Bonchev–Trinajstić information content (AvgIpc) is 2.94. The zero-order chi connectivity index (χ0) is 25.8. The molecule has 2 heteroatoms. The van der Waals surface area contributed by atoms with E-state index in [4.69, 9.17) is 0 Å². The van der Waals surface area contributed by atoms with Crippen LogP contribution in [0, 0.1) is 22.9 Å². The van der Waals surface area contributed by atoms with Gasteiger partial charge in [-0.15, -0.1) is 11.1 Å². The van der Waals surface area contributed by atoms with Gasteiger partial charge in [0.15, 0.2) is 0 Å². The monoisotopic (exact) mass is 504 g/mol. The van der Waals surface area contributed by atoms with Gasteiger partial charge in [-0.1, -0.05) is 102 Å². The molecule has 0 heterocycles. The van der Waals surface area contributed by atoms with Gasteiger partial charge in [0.25, 0.3) is 0 Å². The molecular weight excluding hydrogens is 465 g/mol. The molecule has 36 heavy (non-hydrogen) atoms. The summed E-state index contributed by atoms with van der Waals surface area (Å²) in [6, 6.07) is 29.8. The summed E-state index contributed by atoms with van der Waals surface area (Å²) in [6.07, 6.45) is 0. The number of benzene rings is 4. The van der Waals surface area contributed by atoms with Crippen molar-refractivity contribution in [3.63, 3.8) is 0 Å². The second-order valence-corrected chi connectivity index (χ2v) is 20.1. The molecule has 0 saturated heterocycles. The van der Waals surface area contributed by atoms with E-state index in [9.17, 15) is 0 Å². The molecule has 0 atom stereocenters. The van der Waals surface area contributed by atoms with Crippen LogP contribution in [0.5, 0.6) is 0 Å². The molecule has 0 unspecified atom stereocenters. The zero-order valence-electron chi connectivity index (χ0n) is 23.0. The van der Waals surface area contributed by atoms with Crippen LogP contribution in [-0.4, -0.2) is 16.1 Å². The first-order valence-corrected chi connectivity index (χ1v) is 19.2. The maximum Gasteiger partial charge on any atom is 0.138 e. The highest BCUT2D eigenvalue weighted by atomic mass is 28.3. The lowest BCUT2D eigenvalue weighted by Gasteiger charge is -2.20. The van der Waals surface area contributed by atoms with Crippen molar-refractivity contribution >= 4 is 48.5 Å². The summed E-state index contributed by atoms with van der Waals surface area (Å²) >= 11 is 0. The normalized spacial score (nSPS) is 11.8. The first-order chi connectivity index (χ1) is 17.5. The maximum absolute atomic E-state index is 3.79. The van der Waals surface area contributed by atoms with Gasteiger partial charge >= 0.3 is 0 Å². The quantitative estimate of drug-likeness (QED) is 0.139. The third kappa shape index (κ3) is 4.78. The van der Waals surface area contributed by atoms with Crippen LogP contribution in [0.3, 0.4) is 0 Å². The zero-order valence-corrected chi connectivity index (χ0v) is 25.0. The fourth-order valence-electron chi connectivity index (χ4n) is 5.59.